The van der Waals surface area contributed by atoms with Crippen molar-refractivity contribution < 1.29 is 120 Å². The van der Waals surface area contributed by atoms with Gasteiger partial charge < -0.3 is 114 Å². The average molecular weight is 1720 g/mol. The minimum Gasteiger partial charge on any atom is -1.00 e. The molecule has 0 radical (unpaired) electrons. The molecular formula is C79H143IN14O19. The summed E-state index contributed by atoms with van der Waals surface area (Å²) in [5.41, 5.74) is 0. The summed E-state index contributed by atoms with van der Waals surface area (Å²) in [6, 6.07) is -13.1. The van der Waals surface area contributed by atoms with E-state index in [2.05, 4.69) is 31.9 Å². The van der Waals surface area contributed by atoms with Crippen LogP contribution in [0.25, 0.3) is 0 Å². The monoisotopic (exact) mass is 1720 g/mol. The first-order chi connectivity index (χ1) is 51.6. The summed E-state index contributed by atoms with van der Waals surface area (Å²) in [4.78, 5) is 217. The van der Waals surface area contributed by atoms with E-state index in [1.807, 2.05) is 82.6 Å². The number of hydrogen-bond donors (Lipinski definition) is 7. The third-order valence-electron chi connectivity index (χ3n) is 19.4. The molecule has 0 aromatic heterocycles. The van der Waals surface area contributed by atoms with Crippen molar-refractivity contribution in [3.05, 3.63) is 12.2 Å². The van der Waals surface area contributed by atoms with E-state index >= 15 is 0 Å². The fraction of sp³-hybridized carbons (Fsp3) is 0.785. The lowest BCUT2D eigenvalue weighted by atomic mass is 9.93. The molecule has 0 aliphatic rings. The Morgan fingerprint density at radius 2 is 0.920 bits per heavy atom. The minimum atomic E-state index is -1.28. The third kappa shape index (κ3) is 36.7. The number of ether oxygens (including phenoxy) is 3. The molecule has 0 aromatic rings. The predicted octanol–water partition coefficient (Wildman–Crippen LogP) is 0.995. The van der Waals surface area contributed by atoms with Gasteiger partial charge in [-0.05, 0) is 127 Å². The van der Waals surface area contributed by atoms with E-state index in [1.165, 1.54) is 96.8 Å². The van der Waals surface area contributed by atoms with Crippen LogP contribution >= 0.6 is 0 Å². The number of nitrogens with zero attached hydrogens (tertiary/aromatic N) is 8. The zero-order chi connectivity index (χ0) is 87.0. The first kappa shape index (κ1) is 107. The summed E-state index contributed by atoms with van der Waals surface area (Å²) < 4.78 is 16.7. The number of allylic oxidation sites excluding steroid dienone is 2. The van der Waals surface area contributed by atoms with Crippen molar-refractivity contribution in [1.82, 2.24) is 66.2 Å². The molecule has 14 atom stereocenters. The van der Waals surface area contributed by atoms with Gasteiger partial charge in [-0.15, -0.1) is 0 Å². The average Bonchev–Trinajstić information content (AvgIpc) is 0.819. The van der Waals surface area contributed by atoms with Crippen LogP contribution in [0.1, 0.15) is 189 Å². The van der Waals surface area contributed by atoms with E-state index in [0.29, 0.717) is 23.7 Å². The van der Waals surface area contributed by atoms with E-state index in [9.17, 15) is 77.0 Å². The summed E-state index contributed by atoms with van der Waals surface area (Å²) in [6.07, 6.45) is 2.49. The van der Waals surface area contributed by atoms with E-state index in [4.69, 9.17) is 14.2 Å². The van der Waals surface area contributed by atoms with E-state index < -0.39 is 199 Å². The number of halogens is 1. The number of carboxylic acid groups (broad SMARTS) is 1. The van der Waals surface area contributed by atoms with Crippen molar-refractivity contribution in [2.75, 3.05) is 97.2 Å². The number of carboxylic acids is 1. The Hall–Kier alpha value is -7.76. The maximum absolute atomic E-state index is 14.8. The van der Waals surface area contributed by atoms with Crippen LogP contribution in [-0.2, 0) is 81.3 Å². The normalized spacial score (nSPS) is 15.4. The molecule has 0 aromatic carbocycles. The largest absolute Gasteiger partial charge is 1.00 e. The summed E-state index contributed by atoms with van der Waals surface area (Å²) in [6.45, 7) is 31.6. The van der Waals surface area contributed by atoms with Crippen molar-refractivity contribution in [3.8, 4) is 0 Å². The fourth-order valence-electron chi connectivity index (χ4n) is 12.9. The topological polar surface area (TPSA) is 399 Å². The summed E-state index contributed by atoms with van der Waals surface area (Å²) in [5.74, 6) is -12.3. The molecule has 0 bridgehead atoms. The Morgan fingerprint density at radius 3 is 1.37 bits per heavy atom. The third-order valence-corrected chi connectivity index (χ3v) is 19.4. The second kappa shape index (κ2) is 51.2. The molecule has 113 heavy (non-hydrogen) atoms. The zero-order valence-corrected chi connectivity index (χ0v) is 75.6. The molecule has 650 valence electrons. The van der Waals surface area contributed by atoms with Crippen molar-refractivity contribution in [2.24, 2.45) is 41.4 Å². The van der Waals surface area contributed by atoms with Gasteiger partial charge in [0.05, 0.1) is 34.2 Å². The Bertz CT molecular complexity index is 3170. The Morgan fingerprint density at radius 1 is 0.469 bits per heavy atom. The van der Waals surface area contributed by atoms with Gasteiger partial charge in [0, 0.05) is 63.2 Å². The summed E-state index contributed by atoms with van der Waals surface area (Å²) in [5, 5.41) is 26.4. The lowest BCUT2D eigenvalue weighted by Gasteiger charge is -2.39. The van der Waals surface area contributed by atoms with Gasteiger partial charge in [0.2, 0.25) is 71.3 Å². The lowest BCUT2D eigenvalue weighted by Crippen LogP contribution is -3.00. The van der Waals surface area contributed by atoms with E-state index in [-0.39, 0.29) is 86.2 Å². The molecule has 0 rings (SSSR count). The number of amides is 12. The van der Waals surface area contributed by atoms with Gasteiger partial charge in [-0.2, -0.15) is 0 Å². The zero-order valence-electron chi connectivity index (χ0n) is 73.4. The standard InChI is InChI=1S/C79H142N14O19.HI/c1-31-33-36-51(15)67(112-63(96)44-87(22)74(103)57(37-34-35-38-93(28,29)30)84-79(109)111-55(19)110-54(18)94)65(80-20)71(100)83-56(32-2)73(102)86(21)43-62(95)88(23)58(39-45(3)4)70(99)85-64(49(11)12)77(106)89(24)59(40-46(5)6)69(98)81-52(16)68(97)82-53(17)72(101)90(25)60(41-47(7)8)75(104)91(26)61(42-48(9)10)76(105)92(27)66(50(13)14)78(107)108;/h31,33,45-53,55-61,64-67,80H,32,34-44H2,1-30H3,(H5-,81,82,83,84,85,97,98,99,100,107,108,109);1H/b33-31+;/t51-,52+,53-,55?,56+,57-,58+,59+,60+,61+,64+,65-,66+,67-;/m1./s1. The number of carbonyl (C=O) groups excluding carboxylic acids is 14. The highest BCUT2D eigenvalue weighted by Crippen LogP contribution is 2.25. The Balaban J connectivity index is 0. The van der Waals surface area contributed by atoms with Crippen molar-refractivity contribution in [2.45, 2.75) is 268 Å². The predicted molar refractivity (Wildman–Crippen MR) is 425 cm³/mol. The molecule has 34 heteroatoms. The maximum atomic E-state index is 14.8. The van der Waals surface area contributed by atoms with Crippen LogP contribution < -0.4 is 55.9 Å². The highest BCUT2D eigenvalue weighted by Gasteiger charge is 2.44. The molecule has 12 amide bonds. The number of quaternary nitrogens is 1. The minimum absolute atomic E-state index is 0. The van der Waals surface area contributed by atoms with Crippen molar-refractivity contribution >= 4 is 89.0 Å². The number of nitrogens with one attached hydrogen (secondary N) is 6. The molecule has 0 aliphatic heterocycles. The molecule has 0 fully saturated rings. The smallest absolute Gasteiger partial charge is 0.410 e. The second-order valence-corrected chi connectivity index (χ2v) is 33.3. The van der Waals surface area contributed by atoms with Gasteiger partial charge in [-0.3, -0.25) is 62.3 Å². The maximum Gasteiger partial charge on any atom is 0.410 e. The number of hydrogen-bond acceptors (Lipinski definition) is 19. The number of rotatable bonds is 49. The summed E-state index contributed by atoms with van der Waals surface area (Å²) in [7, 11) is 17.3. The van der Waals surface area contributed by atoms with Crippen molar-refractivity contribution in [1.29, 1.82) is 0 Å². The quantitative estimate of drug-likeness (QED) is 0.0112. The molecule has 33 nitrogen and oxygen atoms in total. The van der Waals surface area contributed by atoms with Gasteiger partial charge in [0.15, 0.2) is 0 Å². The van der Waals surface area contributed by atoms with Crippen LogP contribution in [0.4, 0.5) is 4.79 Å². The highest BCUT2D eigenvalue weighted by atomic mass is 127. The molecule has 7 N–H and O–H groups in total. The SMILES string of the molecule is C/C=C/C[C@@H](C)[C@@H](OC(=O)CN(C)C(=O)[C@@H](CCCC[N+](C)(C)C)NC(=O)OC(C)OC(C)=O)[C@@H](NC)C(=O)N[C@@H](CC)C(=O)N(C)CC(=O)N(C)[C@@H](CC(C)C)C(=O)N[C@H](C(=O)N(C)[C@@H](CC(C)C)C(=O)N[C@@H](C)C(=O)N[C@H](C)C(=O)N(C)[C@@H](CC(C)C)C(=O)N(C)[C@@H](CC(C)C)C(=O)N(C)[C@H](C(=O)O)C(C)C)C(C)C.[I-]. The Kier molecular flexibility index (Phi) is 48.7. The molecule has 0 spiro atoms. The van der Waals surface area contributed by atoms with Crippen LogP contribution in [0.5, 0.6) is 0 Å². The number of likely N-dealkylation sites (N-methyl/N-ethyl adjacent to an activating group) is 8. The molecule has 0 aliphatic carbocycles. The lowest BCUT2D eigenvalue weighted by molar-refractivity contribution is -0.870. The number of aliphatic carboxylic acids is 1. The number of carbonyl (C=O) groups is 15. The van der Waals surface area contributed by atoms with E-state index in [1.54, 1.807) is 54.5 Å². The van der Waals surface area contributed by atoms with Crippen molar-refractivity contribution in [3.63, 3.8) is 0 Å². The van der Waals surface area contributed by atoms with E-state index in [0.717, 1.165) is 28.2 Å². The molecule has 0 saturated heterocycles. The highest BCUT2D eigenvalue weighted by molar-refractivity contribution is 5.99. The van der Waals surface area contributed by atoms with Gasteiger partial charge in [-0.1, -0.05) is 109 Å². The van der Waals surface area contributed by atoms with Crippen LogP contribution in [0, 0.1) is 41.4 Å². The molecular weight excluding hydrogens is 1580 g/mol. The van der Waals surface area contributed by atoms with Gasteiger partial charge in [-0.25, -0.2) is 9.59 Å². The van der Waals surface area contributed by atoms with Crippen LogP contribution in [0.3, 0.4) is 0 Å². The van der Waals surface area contributed by atoms with Gasteiger partial charge in [0.25, 0.3) is 0 Å². The van der Waals surface area contributed by atoms with Gasteiger partial charge in [0.1, 0.15) is 79.1 Å². The van der Waals surface area contributed by atoms with Gasteiger partial charge >= 0.3 is 24.0 Å². The molecule has 1 unspecified atom stereocenters. The first-order valence-corrected chi connectivity index (χ1v) is 39.3. The molecule has 0 saturated carbocycles. The number of alkyl carbamates (subject to hydrolysis) is 1. The van der Waals surface area contributed by atoms with Crippen LogP contribution in [0.15, 0.2) is 12.2 Å². The Labute approximate surface area is 690 Å². The van der Waals surface area contributed by atoms with Crippen LogP contribution in [0.2, 0.25) is 0 Å². The summed E-state index contributed by atoms with van der Waals surface area (Å²) >= 11 is 0. The first-order valence-electron chi connectivity index (χ1n) is 39.3. The molecule has 0 heterocycles. The number of esters is 2. The van der Waals surface area contributed by atoms with Crippen LogP contribution in [-0.4, -0.2) is 309 Å². The fourth-order valence-corrected chi connectivity index (χ4v) is 12.9. The second-order valence-electron chi connectivity index (χ2n) is 33.3. The number of unbranched alkanes of at least 4 members (excludes halogenated alkanes) is 1.